The molecule has 0 bridgehead atoms. The van der Waals surface area contributed by atoms with Crippen molar-refractivity contribution in [1.82, 2.24) is 24.1 Å². The monoisotopic (exact) mass is 461 g/mol. The van der Waals surface area contributed by atoms with Crippen molar-refractivity contribution in [3.8, 4) is 22.8 Å². The molecule has 0 amide bonds. The lowest BCUT2D eigenvalue weighted by molar-refractivity contribution is 0.340. The lowest BCUT2D eigenvalue weighted by Crippen LogP contribution is -2.12. The maximum atomic E-state index is 12.3. The molecule has 3 heterocycles. The van der Waals surface area contributed by atoms with Gasteiger partial charge in [0.1, 0.15) is 5.75 Å². The standard InChI is InChI=1S/C23H19N5O2S2/c1-2-30-19-10-8-18(9-11-19)28-21(16-6-4-3-5-7-16)25-26-23(28)32-15-17-14-20(29)27-12-13-31-22(27)24-17/h3-14H,2,15H2,1H3. The van der Waals surface area contributed by atoms with Gasteiger partial charge in [-0.05, 0) is 31.2 Å². The van der Waals surface area contributed by atoms with Gasteiger partial charge in [0, 0.05) is 34.6 Å². The largest absolute Gasteiger partial charge is 0.494 e. The Morgan fingerprint density at radius 2 is 1.88 bits per heavy atom. The molecule has 5 aromatic rings. The van der Waals surface area contributed by atoms with Crippen molar-refractivity contribution in [2.45, 2.75) is 17.8 Å². The van der Waals surface area contributed by atoms with Crippen LogP contribution >= 0.6 is 23.1 Å². The predicted octanol–water partition coefficient (Wildman–Crippen LogP) is 4.69. The summed E-state index contributed by atoms with van der Waals surface area (Å²) in [6.45, 7) is 2.58. The summed E-state index contributed by atoms with van der Waals surface area (Å²) in [6.07, 6.45) is 1.74. The molecule has 32 heavy (non-hydrogen) atoms. The number of thiazole rings is 1. The molecule has 0 saturated carbocycles. The van der Waals surface area contributed by atoms with Crippen LogP contribution in [0.4, 0.5) is 0 Å². The first kappa shape index (κ1) is 20.5. The van der Waals surface area contributed by atoms with E-state index in [1.165, 1.54) is 23.1 Å². The zero-order valence-corrected chi connectivity index (χ0v) is 18.8. The SMILES string of the molecule is CCOc1ccc(-n2c(SCc3cc(=O)n4ccsc4n3)nnc2-c2ccccc2)cc1. The molecule has 3 aromatic heterocycles. The first-order valence-electron chi connectivity index (χ1n) is 10.1. The van der Waals surface area contributed by atoms with Crippen LogP contribution in [0.25, 0.3) is 22.0 Å². The third-order valence-corrected chi connectivity index (χ3v) is 6.50. The zero-order chi connectivity index (χ0) is 21.9. The van der Waals surface area contributed by atoms with Crippen LogP contribution in [-0.2, 0) is 5.75 Å². The van der Waals surface area contributed by atoms with Crippen molar-refractivity contribution in [2.75, 3.05) is 6.61 Å². The Hall–Kier alpha value is -3.43. The molecule has 0 unspecified atom stereocenters. The van der Waals surface area contributed by atoms with Crippen LogP contribution in [0.15, 0.2) is 82.2 Å². The Labute approximate surface area is 192 Å². The van der Waals surface area contributed by atoms with Gasteiger partial charge in [-0.2, -0.15) is 0 Å². The van der Waals surface area contributed by atoms with Gasteiger partial charge in [0.2, 0.25) is 0 Å². The van der Waals surface area contributed by atoms with Gasteiger partial charge in [0.25, 0.3) is 5.56 Å². The molecule has 0 N–H and O–H groups in total. The number of hydrogen-bond donors (Lipinski definition) is 0. The average molecular weight is 462 g/mol. The molecular weight excluding hydrogens is 442 g/mol. The summed E-state index contributed by atoms with van der Waals surface area (Å²) >= 11 is 2.94. The van der Waals surface area contributed by atoms with Gasteiger partial charge in [-0.1, -0.05) is 42.1 Å². The van der Waals surface area contributed by atoms with Crippen molar-refractivity contribution < 1.29 is 4.74 Å². The Kier molecular flexibility index (Phi) is 5.74. The van der Waals surface area contributed by atoms with E-state index in [1.54, 1.807) is 16.7 Å². The summed E-state index contributed by atoms with van der Waals surface area (Å²) < 4.78 is 9.15. The van der Waals surface area contributed by atoms with E-state index in [-0.39, 0.29) is 5.56 Å². The zero-order valence-electron chi connectivity index (χ0n) is 17.2. The summed E-state index contributed by atoms with van der Waals surface area (Å²) in [4.78, 5) is 17.6. The van der Waals surface area contributed by atoms with E-state index < -0.39 is 0 Å². The molecule has 0 fully saturated rings. The lowest BCUT2D eigenvalue weighted by Gasteiger charge is -2.11. The quantitative estimate of drug-likeness (QED) is 0.327. The highest BCUT2D eigenvalue weighted by Gasteiger charge is 2.17. The van der Waals surface area contributed by atoms with E-state index in [4.69, 9.17) is 4.74 Å². The predicted molar refractivity (Wildman–Crippen MR) is 127 cm³/mol. The van der Waals surface area contributed by atoms with Gasteiger partial charge >= 0.3 is 0 Å². The minimum atomic E-state index is -0.0789. The summed E-state index contributed by atoms with van der Waals surface area (Å²) in [6, 6.07) is 19.4. The maximum absolute atomic E-state index is 12.3. The number of benzene rings is 2. The number of rotatable bonds is 7. The first-order valence-corrected chi connectivity index (χ1v) is 11.9. The fourth-order valence-electron chi connectivity index (χ4n) is 3.33. The molecule has 0 spiro atoms. The van der Waals surface area contributed by atoms with Crippen LogP contribution in [0, 0.1) is 0 Å². The van der Waals surface area contributed by atoms with E-state index in [0.717, 1.165) is 28.0 Å². The number of hydrogen-bond acceptors (Lipinski definition) is 7. The Morgan fingerprint density at radius 3 is 2.66 bits per heavy atom. The third-order valence-electron chi connectivity index (χ3n) is 4.78. The molecule has 9 heteroatoms. The topological polar surface area (TPSA) is 74.3 Å². The minimum absolute atomic E-state index is 0.0789. The number of ether oxygens (including phenoxy) is 1. The molecule has 2 aromatic carbocycles. The van der Waals surface area contributed by atoms with Crippen molar-refractivity contribution in [2.24, 2.45) is 0 Å². The Balaban J connectivity index is 1.51. The highest BCUT2D eigenvalue weighted by Crippen LogP contribution is 2.30. The van der Waals surface area contributed by atoms with E-state index in [2.05, 4.69) is 15.2 Å². The Morgan fingerprint density at radius 1 is 1.06 bits per heavy atom. The summed E-state index contributed by atoms with van der Waals surface area (Å²) in [7, 11) is 0. The average Bonchev–Trinajstić information content (AvgIpc) is 3.46. The number of nitrogens with zero attached hydrogens (tertiary/aromatic N) is 5. The van der Waals surface area contributed by atoms with E-state index >= 15 is 0 Å². The summed E-state index contributed by atoms with van der Waals surface area (Å²) in [5.41, 5.74) is 2.54. The number of aromatic nitrogens is 5. The van der Waals surface area contributed by atoms with Crippen molar-refractivity contribution in [3.63, 3.8) is 0 Å². The normalized spacial score (nSPS) is 11.2. The first-order chi connectivity index (χ1) is 15.7. The van der Waals surface area contributed by atoms with Gasteiger partial charge in [-0.15, -0.1) is 21.5 Å². The smallest absolute Gasteiger partial charge is 0.258 e. The fourth-order valence-corrected chi connectivity index (χ4v) is 4.91. The molecule has 0 aliphatic carbocycles. The van der Waals surface area contributed by atoms with Gasteiger partial charge in [-0.25, -0.2) is 4.98 Å². The van der Waals surface area contributed by atoms with Gasteiger partial charge in [-0.3, -0.25) is 13.8 Å². The maximum Gasteiger partial charge on any atom is 0.258 e. The Bertz CT molecular complexity index is 1410. The number of thioether (sulfide) groups is 1. The molecule has 0 saturated heterocycles. The van der Waals surface area contributed by atoms with E-state index in [0.29, 0.717) is 23.0 Å². The van der Waals surface area contributed by atoms with Gasteiger partial charge < -0.3 is 4.74 Å². The van der Waals surface area contributed by atoms with E-state index in [9.17, 15) is 4.79 Å². The molecule has 160 valence electrons. The summed E-state index contributed by atoms with van der Waals surface area (Å²) in [5, 5.41) is 11.5. The van der Waals surface area contributed by atoms with Crippen LogP contribution in [0.2, 0.25) is 0 Å². The van der Waals surface area contributed by atoms with Crippen LogP contribution in [0.3, 0.4) is 0 Å². The van der Waals surface area contributed by atoms with Crippen LogP contribution in [-0.4, -0.2) is 30.8 Å². The van der Waals surface area contributed by atoms with Crippen LogP contribution < -0.4 is 10.3 Å². The fraction of sp³-hybridized carbons (Fsp3) is 0.130. The second-order valence-corrected chi connectivity index (χ2v) is 8.68. The highest BCUT2D eigenvalue weighted by atomic mass is 32.2. The molecule has 0 aliphatic rings. The highest BCUT2D eigenvalue weighted by molar-refractivity contribution is 7.98. The van der Waals surface area contributed by atoms with E-state index in [1.807, 2.05) is 71.5 Å². The molecule has 0 radical (unpaired) electrons. The molecule has 7 nitrogen and oxygen atoms in total. The molecule has 0 atom stereocenters. The second-order valence-electron chi connectivity index (χ2n) is 6.86. The lowest BCUT2D eigenvalue weighted by atomic mass is 10.2. The molecule has 0 aliphatic heterocycles. The van der Waals surface area contributed by atoms with Crippen molar-refractivity contribution >= 4 is 28.1 Å². The van der Waals surface area contributed by atoms with Gasteiger partial charge in [0.15, 0.2) is 15.9 Å². The number of fused-ring (bicyclic) bond motifs is 1. The second kappa shape index (κ2) is 8.97. The van der Waals surface area contributed by atoms with Crippen LogP contribution in [0.1, 0.15) is 12.6 Å². The van der Waals surface area contributed by atoms with Crippen molar-refractivity contribution in [3.05, 3.63) is 88.3 Å². The van der Waals surface area contributed by atoms with Crippen molar-refractivity contribution in [1.29, 1.82) is 0 Å². The molecule has 5 rings (SSSR count). The van der Waals surface area contributed by atoms with Gasteiger partial charge in [0.05, 0.1) is 12.3 Å². The summed E-state index contributed by atoms with van der Waals surface area (Å²) in [5.74, 6) is 2.07. The third kappa shape index (κ3) is 4.04. The minimum Gasteiger partial charge on any atom is -0.494 e. The molecular formula is C23H19N5O2S2. The van der Waals surface area contributed by atoms with Crippen LogP contribution in [0.5, 0.6) is 5.75 Å².